The molecule has 6 aromatic rings. The maximum absolute atomic E-state index is 13.8. The number of hydrogen-bond donors (Lipinski definition) is 0. The summed E-state index contributed by atoms with van der Waals surface area (Å²) >= 11 is 0. The van der Waals surface area contributed by atoms with Gasteiger partial charge in [0.25, 0.3) is 0 Å². The minimum atomic E-state index is -1.01. The molecule has 1 aliphatic carbocycles. The first-order valence-corrected chi connectivity index (χ1v) is 16.8. The third-order valence-corrected chi connectivity index (χ3v) is 10.6. The van der Waals surface area contributed by atoms with E-state index in [2.05, 4.69) is 120 Å². The Balaban J connectivity index is 1.32. The predicted molar refractivity (Wildman–Crippen MR) is 193 cm³/mol. The van der Waals surface area contributed by atoms with Gasteiger partial charge in [-0.15, -0.1) is 0 Å². The minimum Gasteiger partial charge on any atom is -0.341 e. The van der Waals surface area contributed by atoms with Gasteiger partial charge in [0.1, 0.15) is 5.92 Å². The molecule has 0 atom stereocenters. The summed E-state index contributed by atoms with van der Waals surface area (Å²) in [6.45, 7) is 5.93. The number of allylic oxidation sites excluding steroid dienone is 4. The highest BCUT2D eigenvalue weighted by Gasteiger charge is 2.49. The number of carbonyl (C=O) groups excluding carboxylic acids is 3. The molecule has 240 valence electrons. The third-order valence-electron chi connectivity index (χ3n) is 10.6. The van der Waals surface area contributed by atoms with Gasteiger partial charge in [0, 0.05) is 76.4 Å². The summed E-state index contributed by atoms with van der Waals surface area (Å²) in [4.78, 5) is 42.5. The van der Waals surface area contributed by atoms with Gasteiger partial charge >= 0.3 is 6.03 Å². The van der Waals surface area contributed by atoms with Crippen LogP contribution in [0.25, 0.3) is 55.5 Å². The monoisotopic (exact) mass is 634 g/mol. The average Bonchev–Trinajstić information content (AvgIpc) is 3.76. The SMILES string of the molecule is CCn1/c(=C\C=C2/CC/C(=C\C=c3\c4cccc5cccc(c54)n3CC)C2C2C(=O)N(C)C(=O)N(C)C2=O)c2cccc3cccc1c32. The van der Waals surface area contributed by atoms with Gasteiger partial charge in [0.2, 0.25) is 11.8 Å². The number of aromatic nitrogens is 2. The maximum Gasteiger partial charge on any atom is 0.332 e. The summed E-state index contributed by atoms with van der Waals surface area (Å²) in [5.41, 5.74) is 4.44. The van der Waals surface area contributed by atoms with Crippen LogP contribution >= 0.6 is 0 Å². The van der Waals surface area contributed by atoms with Crippen molar-refractivity contribution in [3.63, 3.8) is 0 Å². The molecule has 0 N–H and O–H groups in total. The average molecular weight is 635 g/mol. The van der Waals surface area contributed by atoms with Crippen LogP contribution in [0.1, 0.15) is 26.7 Å². The first-order chi connectivity index (χ1) is 23.3. The number of hydrogen-bond acceptors (Lipinski definition) is 3. The minimum absolute atomic E-state index is 0.450. The number of imide groups is 2. The largest absolute Gasteiger partial charge is 0.341 e. The van der Waals surface area contributed by atoms with E-state index in [1.165, 1.54) is 57.4 Å². The van der Waals surface area contributed by atoms with Crippen LogP contribution < -0.4 is 10.7 Å². The van der Waals surface area contributed by atoms with Crippen molar-refractivity contribution in [3.05, 3.63) is 107 Å². The second kappa shape index (κ2) is 11.4. The van der Waals surface area contributed by atoms with Crippen molar-refractivity contribution in [2.75, 3.05) is 14.1 Å². The topological polar surface area (TPSA) is 67.6 Å². The lowest BCUT2D eigenvalue weighted by Crippen LogP contribution is -2.58. The Kier molecular flexibility index (Phi) is 7.09. The molecule has 48 heavy (non-hydrogen) atoms. The van der Waals surface area contributed by atoms with Gasteiger partial charge in [-0.05, 0) is 61.7 Å². The van der Waals surface area contributed by atoms with Crippen LogP contribution in [0.3, 0.4) is 0 Å². The van der Waals surface area contributed by atoms with Crippen LogP contribution in [-0.2, 0) is 22.7 Å². The molecule has 8 rings (SSSR count). The molecule has 0 bridgehead atoms. The molecular weight excluding hydrogens is 596 g/mol. The molecular formula is C41H38N4O3. The fourth-order valence-corrected chi connectivity index (χ4v) is 8.34. The second-order valence-corrected chi connectivity index (χ2v) is 13.0. The van der Waals surface area contributed by atoms with Crippen molar-refractivity contribution in [1.82, 2.24) is 18.9 Å². The normalized spacial score (nSPS) is 20.6. The fourth-order valence-electron chi connectivity index (χ4n) is 8.34. The Morgan fingerprint density at radius 3 is 1.42 bits per heavy atom. The highest BCUT2D eigenvalue weighted by molar-refractivity contribution is 6.16. The van der Waals surface area contributed by atoms with Gasteiger partial charge in [0.15, 0.2) is 0 Å². The maximum atomic E-state index is 13.8. The zero-order chi connectivity index (χ0) is 33.3. The number of amides is 4. The third kappa shape index (κ3) is 4.30. The van der Waals surface area contributed by atoms with Crippen molar-refractivity contribution in [1.29, 1.82) is 0 Å². The lowest BCUT2D eigenvalue weighted by atomic mass is 9.81. The number of urea groups is 1. The van der Waals surface area contributed by atoms with Crippen molar-refractivity contribution in [3.8, 4) is 0 Å². The summed E-state index contributed by atoms with van der Waals surface area (Å²) in [6.07, 6.45) is 10.0. The second-order valence-electron chi connectivity index (χ2n) is 13.0. The standard InChI is InChI=1S/C41H38N4O3/c1-5-44-31(29-15-7-11-25-13-9-17-33(44)36(25)29)23-21-27-19-20-28(35(27)38-39(46)42(3)41(48)43(4)40(38)47)22-24-32-30-16-8-12-26-14-10-18-34(37(26)30)45(32)6-2/h7-18,21-24,35,38H,5-6,19-20H2,1-4H3/b27-21+,28-22+,31-23-,32-24-. The van der Waals surface area contributed by atoms with Crippen molar-refractivity contribution < 1.29 is 14.4 Å². The molecule has 2 aromatic heterocycles. The molecule has 2 fully saturated rings. The number of rotatable bonds is 5. The molecule has 1 aliphatic heterocycles. The van der Waals surface area contributed by atoms with Crippen LogP contribution in [0, 0.1) is 11.8 Å². The van der Waals surface area contributed by atoms with E-state index in [1.807, 2.05) is 0 Å². The lowest BCUT2D eigenvalue weighted by molar-refractivity contribution is -0.148. The summed E-state index contributed by atoms with van der Waals surface area (Å²) in [5.74, 6) is -2.37. The molecule has 1 saturated heterocycles. The summed E-state index contributed by atoms with van der Waals surface area (Å²) in [6, 6.07) is 25.0. The molecule has 1 saturated carbocycles. The zero-order valence-electron chi connectivity index (χ0n) is 27.7. The summed E-state index contributed by atoms with van der Waals surface area (Å²) in [5, 5.41) is 9.48. The van der Waals surface area contributed by atoms with E-state index in [4.69, 9.17) is 0 Å². The van der Waals surface area contributed by atoms with E-state index in [9.17, 15) is 14.4 Å². The Hall–Kier alpha value is -5.43. The first kappa shape index (κ1) is 29.9. The Labute approximate surface area is 278 Å². The van der Waals surface area contributed by atoms with E-state index >= 15 is 0 Å². The Morgan fingerprint density at radius 1 is 0.583 bits per heavy atom. The molecule has 4 aromatic carbocycles. The number of carbonyl (C=O) groups is 3. The van der Waals surface area contributed by atoms with Gasteiger partial charge in [-0.25, -0.2) is 4.79 Å². The van der Waals surface area contributed by atoms with Gasteiger partial charge < -0.3 is 9.13 Å². The smallest absolute Gasteiger partial charge is 0.332 e. The summed E-state index contributed by atoms with van der Waals surface area (Å²) in [7, 11) is 2.94. The van der Waals surface area contributed by atoms with E-state index in [-0.39, 0.29) is 0 Å². The van der Waals surface area contributed by atoms with Gasteiger partial charge in [-0.2, -0.15) is 0 Å². The zero-order valence-corrected chi connectivity index (χ0v) is 27.7. The molecule has 7 heteroatoms. The number of barbiturate groups is 1. The van der Waals surface area contributed by atoms with Crippen LogP contribution in [0.5, 0.6) is 0 Å². The number of benzene rings is 4. The van der Waals surface area contributed by atoms with Gasteiger partial charge in [0.05, 0.1) is 0 Å². The Bertz CT molecular complexity index is 2310. The van der Waals surface area contributed by atoms with E-state index < -0.39 is 29.7 Å². The van der Waals surface area contributed by atoms with Crippen LogP contribution in [0.2, 0.25) is 0 Å². The molecule has 7 nitrogen and oxygen atoms in total. The van der Waals surface area contributed by atoms with Crippen LogP contribution in [0.15, 0.2) is 96.1 Å². The molecule has 3 heterocycles. The van der Waals surface area contributed by atoms with Gasteiger partial charge in [-0.3, -0.25) is 19.4 Å². The molecule has 4 amide bonds. The Morgan fingerprint density at radius 2 is 1.00 bits per heavy atom. The number of nitrogens with zero attached hydrogens (tertiary/aromatic N) is 4. The van der Waals surface area contributed by atoms with Crippen molar-refractivity contribution in [2.24, 2.45) is 11.8 Å². The lowest BCUT2D eigenvalue weighted by Gasteiger charge is -2.36. The fraction of sp³-hybridized carbons (Fsp3) is 0.244. The predicted octanol–water partition coefficient (Wildman–Crippen LogP) is 6.57. The quantitative estimate of drug-likeness (QED) is 0.202. The van der Waals surface area contributed by atoms with Gasteiger partial charge in [-0.1, -0.05) is 84.0 Å². The summed E-state index contributed by atoms with van der Waals surface area (Å²) < 4.78 is 4.66. The molecule has 2 aliphatic rings. The van der Waals surface area contributed by atoms with E-state index in [0.29, 0.717) is 0 Å². The van der Waals surface area contributed by atoms with Crippen LogP contribution in [0.4, 0.5) is 4.79 Å². The first-order valence-electron chi connectivity index (χ1n) is 16.8. The molecule has 0 radical (unpaired) electrons. The van der Waals surface area contributed by atoms with Crippen molar-refractivity contribution in [2.45, 2.75) is 39.8 Å². The molecule has 0 unspecified atom stereocenters. The molecule has 0 spiro atoms. The number of aryl methyl sites for hydroxylation is 2. The van der Waals surface area contributed by atoms with E-state index in [0.717, 1.165) is 57.6 Å². The van der Waals surface area contributed by atoms with Crippen LogP contribution in [-0.4, -0.2) is 50.9 Å². The highest BCUT2D eigenvalue weighted by atomic mass is 16.2. The highest BCUT2D eigenvalue weighted by Crippen LogP contribution is 2.43. The van der Waals surface area contributed by atoms with Crippen molar-refractivity contribution >= 4 is 73.3 Å². The van der Waals surface area contributed by atoms with E-state index in [1.54, 1.807) is 0 Å².